The summed E-state index contributed by atoms with van der Waals surface area (Å²) < 4.78 is 15.8. The third-order valence-corrected chi connectivity index (χ3v) is 3.51. The number of carbonyl (C=O) groups excluding carboxylic acids is 2. The second-order valence-electron chi connectivity index (χ2n) is 5.17. The monoisotopic (exact) mass is 312 g/mol. The number of aryl methyl sites for hydroxylation is 2. The highest BCUT2D eigenvalue weighted by Gasteiger charge is 2.12. The molecular formula is C18H16O5. The van der Waals surface area contributed by atoms with Gasteiger partial charge >= 0.3 is 0 Å². The van der Waals surface area contributed by atoms with E-state index < -0.39 is 0 Å². The lowest BCUT2D eigenvalue weighted by Gasteiger charge is -1.97. The number of hydrogen-bond acceptors (Lipinski definition) is 5. The van der Waals surface area contributed by atoms with Crippen molar-refractivity contribution < 1.29 is 22.8 Å². The molecule has 0 aromatic carbocycles. The van der Waals surface area contributed by atoms with Crippen LogP contribution in [0.15, 0.2) is 62.2 Å². The van der Waals surface area contributed by atoms with E-state index in [-0.39, 0.29) is 11.6 Å². The summed E-state index contributed by atoms with van der Waals surface area (Å²) in [6.45, 7) is 0. The van der Waals surface area contributed by atoms with E-state index >= 15 is 0 Å². The van der Waals surface area contributed by atoms with Gasteiger partial charge in [0, 0.05) is 25.7 Å². The van der Waals surface area contributed by atoms with Gasteiger partial charge < -0.3 is 13.3 Å². The minimum absolute atomic E-state index is 0.0547. The zero-order valence-corrected chi connectivity index (χ0v) is 12.5. The van der Waals surface area contributed by atoms with Gasteiger partial charge in [-0.3, -0.25) is 9.59 Å². The quantitative estimate of drug-likeness (QED) is 0.585. The van der Waals surface area contributed by atoms with E-state index in [4.69, 9.17) is 13.3 Å². The molecule has 0 unspecified atom stereocenters. The van der Waals surface area contributed by atoms with Crippen LogP contribution >= 0.6 is 0 Å². The van der Waals surface area contributed by atoms with Crippen LogP contribution in [0.25, 0.3) is 0 Å². The molecule has 0 aliphatic heterocycles. The highest BCUT2D eigenvalue weighted by Crippen LogP contribution is 2.15. The van der Waals surface area contributed by atoms with Gasteiger partial charge in [0.05, 0.1) is 12.5 Å². The van der Waals surface area contributed by atoms with Crippen LogP contribution in [0.5, 0.6) is 0 Å². The summed E-state index contributed by atoms with van der Waals surface area (Å²) >= 11 is 0. The lowest BCUT2D eigenvalue weighted by Crippen LogP contribution is -1.99. The molecule has 0 aliphatic rings. The van der Waals surface area contributed by atoms with E-state index in [1.165, 1.54) is 12.5 Å². The Morgan fingerprint density at radius 2 is 1.22 bits per heavy atom. The number of ketones is 2. The van der Waals surface area contributed by atoms with Gasteiger partial charge in [0.25, 0.3) is 0 Å². The topological polar surface area (TPSA) is 73.6 Å². The van der Waals surface area contributed by atoms with Crippen molar-refractivity contribution in [3.05, 3.63) is 72.0 Å². The Morgan fingerprint density at radius 1 is 0.739 bits per heavy atom. The number of rotatable bonds is 8. The molecule has 0 N–H and O–H groups in total. The van der Waals surface area contributed by atoms with E-state index in [1.807, 2.05) is 12.1 Å². The minimum Gasteiger partial charge on any atom is -0.466 e. The molecule has 5 heteroatoms. The van der Waals surface area contributed by atoms with Crippen LogP contribution in [-0.2, 0) is 12.8 Å². The Hall–Kier alpha value is -2.82. The van der Waals surface area contributed by atoms with Gasteiger partial charge in [-0.2, -0.15) is 0 Å². The molecule has 3 rings (SSSR count). The molecule has 0 amide bonds. The number of carbonyl (C=O) groups is 2. The largest absolute Gasteiger partial charge is 0.466 e. The predicted octanol–water partition coefficient (Wildman–Crippen LogP) is 4.10. The summed E-state index contributed by atoms with van der Waals surface area (Å²) in [7, 11) is 0. The summed E-state index contributed by atoms with van der Waals surface area (Å²) in [6, 6.07) is 10.3. The highest BCUT2D eigenvalue weighted by atomic mass is 16.3. The van der Waals surface area contributed by atoms with Crippen molar-refractivity contribution in [2.24, 2.45) is 0 Å². The third kappa shape index (κ3) is 3.88. The van der Waals surface area contributed by atoms with Crippen molar-refractivity contribution in [2.45, 2.75) is 25.7 Å². The Bertz CT molecular complexity index is 698. The Kier molecular flexibility index (Phi) is 4.57. The first kappa shape index (κ1) is 15.1. The van der Waals surface area contributed by atoms with Gasteiger partial charge in [0.1, 0.15) is 11.5 Å². The van der Waals surface area contributed by atoms with Crippen molar-refractivity contribution in [1.29, 1.82) is 0 Å². The average molecular weight is 312 g/mol. The molecule has 118 valence electrons. The molecule has 0 spiro atoms. The van der Waals surface area contributed by atoms with E-state index in [2.05, 4.69) is 0 Å². The molecule has 0 saturated carbocycles. The lowest BCUT2D eigenvalue weighted by atomic mass is 10.1. The van der Waals surface area contributed by atoms with Gasteiger partial charge in [-0.25, -0.2) is 0 Å². The summed E-state index contributed by atoms with van der Waals surface area (Å²) in [5, 5.41) is 0. The summed E-state index contributed by atoms with van der Waals surface area (Å²) in [4.78, 5) is 23.7. The molecule has 23 heavy (non-hydrogen) atoms. The first-order valence-electron chi connectivity index (χ1n) is 7.43. The van der Waals surface area contributed by atoms with Gasteiger partial charge in [-0.05, 0) is 36.4 Å². The van der Waals surface area contributed by atoms with Crippen molar-refractivity contribution in [1.82, 2.24) is 0 Å². The van der Waals surface area contributed by atoms with E-state index in [1.54, 1.807) is 24.3 Å². The maximum Gasteiger partial charge on any atom is 0.198 e. The van der Waals surface area contributed by atoms with Crippen molar-refractivity contribution >= 4 is 11.6 Å². The maximum absolute atomic E-state index is 11.8. The minimum atomic E-state index is -0.0547. The van der Waals surface area contributed by atoms with Gasteiger partial charge in [-0.15, -0.1) is 0 Å². The van der Waals surface area contributed by atoms with Crippen LogP contribution < -0.4 is 0 Å². The SMILES string of the molecule is O=C(CCc1ccc(CCC(=O)c2ccco2)o1)c1ccco1. The molecule has 0 atom stereocenters. The molecule has 3 aromatic rings. The van der Waals surface area contributed by atoms with Crippen molar-refractivity contribution in [3.63, 3.8) is 0 Å². The fourth-order valence-corrected chi connectivity index (χ4v) is 2.29. The first-order chi connectivity index (χ1) is 11.2. The maximum atomic E-state index is 11.8. The fraction of sp³-hybridized carbons (Fsp3) is 0.222. The second kappa shape index (κ2) is 6.96. The van der Waals surface area contributed by atoms with Crippen LogP contribution in [0.4, 0.5) is 0 Å². The smallest absolute Gasteiger partial charge is 0.198 e. The molecule has 0 fully saturated rings. The first-order valence-corrected chi connectivity index (χ1v) is 7.43. The van der Waals surface area contributed by atoms with Gasteiger partial charge in [0.2, 0.25) is 0 Å². The molecule has 5 nitrogen and oxygen atoms in total. The third-order valence-electron chi connectivity index (χ3n) is 3.51. The molecular weight excluding hydrogens is 296 g/mol. The lowest BCUT2D eigenvalue weighted by molar-refractivity contribution is 0.0949. The van der Waals surface area contributed by atoms with Gasteiger partial charge in [0.15, 0.2) is 23.1 Å². The van der Waals surface area contributed by atoms with Crippen LogP contribution in [0, 0.1) is 0 Å². The van der Waals surface area contributed by atoms with E-state index in [0.717, 1.165) is 11.5 Å². The standard InChI is InChI=1S/C18H16O5/c19-15(17-3-1-11-21-17)9-7-13-5-6-14(23-13)8-10-16(20)18-4-2-12-22-18/h1-6,11-12H,7-10H2. The number of furan rings is 3. The summed E-state index contributed by atoms with van der Waals surface area (Å²) in [6.07, 6.45) is 4.62. The van der Waals surface area contributed by atoms with Crippen molar-refractivity contribution in [2.75, 3.05) is 0 Å². The number of hydrogen-bond donors (Lipinski definition) is 0. The average Bonchev–Trinajstić information content (AvgIpc) is 3.32. The van der Waals surface area contributed by atoms with Crippen LogP contribution in [0.2, 0.25) is 0 Å². The molecule has 0 aliphatic carbocycles. The molecule has 0 saturated heterocycles. The van der Waals surface area contributed by atoms with Crippen LogP contribution in [0.3, 0.4) is 0 Å². The molecule has 0 bridgehead atoms. The number of Topliss-reactive ketones (excluding diaryl/α,β-unsaturated/α-hetero) is 2. The van der Waals surface area contributed by atoms with E-state index in [0.29, 0.717) is 37.2 Å². The van der Waals surface area contributed by atoms with E-state index in [9.17, 15) is 9.59 Å². The van der Waals surface area contributed by atoms with Crippen LogP contribution in [0.1, 0.15) is 45.5 Å². The zero-order valence-electron chi connectivity index (χ0n) is 12.5. The van der Waals surface area contributed by atoms with Crippen LogP contribution in [-0.4, -0.2) is 11.6 Å². The zero-order chi connectivity index (χ0) is 16.1. The second-order valence-corrected chi connectivity index (χ2v) is 5.17. The summed E-state index contributed by atoms with van der Waals surface area (Å²) in [5.74, 6) is 2.07. The Balaban J connectivity index is 1.48. The normalized spacial score (nSPS) is 10.8. The molecule has 3 aromatic heterocycles. The summed E-state index contributed by atoms with van der Waals surface area (Å²) in [5.41, 5.74) is 0. The fourth-order valence-electron chi connectivity index (χ4n) is 2.29. The molecule has 3 heterocycles. The highest BCUT2D eigenvalue weighted by molar-refractivity contribution is 5.93. The Labute approximate surface area is 132 Å². The Morgan fingerprint density at radius 3 is 1.61 bits per heavy atom. The predicted molar refractivity (Wildman–Crippen MR) is 81.4 cm³/mol. The molecule has 0 radical (unpaired) electrons. The van der Waals surface area contributed by atoms with Gasteiger partial charge in [-0.1, -0.05) is 0 Å². The van der Waals surface area contributed by atoms with Crippen molar-refractivity contribution in [3.8, 4) is 0 Å².